The molecule has 0 radical (unpaired) electrons. The average Bonchev–Trinajstić information content (AvgIpc) is 2.37. The lowest BCUT2D eigenvalue weighted by Gasteiger charge is -2.29. The van der Waals surface area contributed by atoms with E-state index in [1.54, 1.807) is 0 Å². The molecule has 1 aromatic carbocycles. The molecule has 1 N–H and O–H groups in total. The second-order valence-electron chi connectivity index (χ2n) is 5.24. The molecule has 2 nitrogen and oxygen atoms in total. The summed E-state index contributed by atoms with van der Waals surface area (Å²) in [7, 11) is 0. The summed E-state index contributed by atoms with van der Waals surface area (Å²) in [4.78, 5) is 0. The van der Waals surface area contributed by atoms with Crippen LogP contribution in [-0.4, -0.2) is 6.54 Å². The summed E-state index contributed by atoms with van der Waals surface area (Å²) in [6, 6.07) is 7.98. The van der Waals surface area contributed by atoms with Crippen LogP contribution in [0.1, 0.15) is 38.2 Å². The molecule has 2 rings (SSSR count). The first-order valence-electron chi connectivity index (χ1n) is 6.63. The normalized spacial score (nSPS) is 23.4. The molecule has 3 heteroatoms. The van der Waals surface area contributed by atoms with Crippen molar-refractivity contribution in [1.82, 2.24) is 0 Å². The molecule has 1 saturated carbocycles. The van der Waals surface area contributed by atoms with E-state index in [0.717, 1.165) is 28.5 Å². The fraction of sp³-hybridized carbons (Fsp3) is 0.533. The fourth-order valence-corrected chi connectivity index (χ4v) is 3.19. The largest absolute Gasteiger partial charge is 0.385 e. The van der Waals surface area contributed by atoms with E-state index in [0.29, 0.717) is 5.56 Å². The fourth-order valence-electron chi connectivity index (χ4n) is 2.70. The molecule has 1 aromatic rings. The van der Waals surface area contributed by atoms with Crippen molar-refractivity contribution in [2.45, 2.75) is 32.6 Å². The van der Waals surface area contributed by atoms with Gasteiger partial charge in [0.05, 0.1) is 11.6 Å². The van der Waals surface area contributed by atoms with Crippen LogP contribution in [0.4, 0.5) is 5.69 Å². The third kappa shape index (κ3) is 3.49. The van der Waals surface area contributed by atoms with Gasteiger partial charge >= 0.3 is 0 Å². The second kappa shape index (κ2) is 6.24. The Morgan fingerprint density at radius 2 is 2.11 bits per heavy atom. The van der Waals surface area contributed by atoms with Crippen molar-refractivity contribution in [3.63, 3.8) is 0 Å². The Bertz CT molecular complexity index is 450. The van der Waals surface area contributed by atoms with Crippen molar-refractivity contribution in [3.8, 4) is 6.07 Å². The Balaban J connectivity index is 1.97. The summed E-state index contributed by atoms with van der Waals surface area (Å²) in [5.74, 6) is 1.58. The Labute approximate surface area is 118 Å². The van der Waals surface area contributed by atoms with Crippen LogP contribution >= 0.6 is 15.9 Å². The van der Waals surface area contributed by atoms with Crippen LogP contribution in [0.15, 0.2) is 22.7 Å². The van der Waals surface area contributed by atoms with Gasteiger partial charge in [-0.1, -0.05) is 42.1 Å². The number of nitrogens with zero attached hydrogens (tertiary/aromatic N) is 1. The second-order valence-corrected chi connectivity index (χ2v) is 6.16. The predicted octanol–water partition coefficient (Wildman–Crippen LogP) is 4.56. The lowest BCUT2D eigenvalue weighted by Crippen LogP contribution is -2.24. The minimum atomic E-state index is 0.698. The molecule has 0 saturated heterocycles. The molecule has 0 aliphatic heterocycles. The number of halogens is 1. The van der Waals surface area contributed by atoms with E-state index in [2.05, 4.69) is 34.2 Å². The SMILES string of the molecule is CC1CCCCC1CNc1cc(Br)cc(C#N)c1. The maximum Gasteiger partial charge on any atom is 0.0992 e. The van der Waals surface area contributed by atoms with Gasteiger partial charge < -0.3 is 5.32 Å². The lowest BCUT2D eigenvalue weighted by molar-refractivity contribution is 0.268. The molecule has 2 atom stereocenters. The van der Waals surface area contributed by atoms with Gasteiger partial charge in [-0.2, -0.15) is 5.26 Å². The average molecular weight is 307 g/mol. The zero-order valence-corrected chi connectivity index (χ0v) is 12.3. The van der Waals surface area contributed by atoms with Crippen LogP contribution in [0.2, 0.25) is 0 Å². The van der Waals surface area contributed by atoms with Gasteiger partial charge in [0.15, 0.2) is 0 Å². The van der Waals surface area contributed by atoms with E-state index in [9.17, 15) is 0 Å². The Morgan fingerprint density at radius 1 is 1.33 bits per heavy atom. The smallest absolute Gasteiger partial charge is 0.0992 e. The molecule has 0 aromatic heterocycles. The van der Waals surface area contributed by atoms with Gasteiger partial charge in [-0.05, 0) is 36.5 Å². The molecule has 2 unspecified atom stereocenters. The van der Waals surface area contributed by atoms with Crippen molar-refractivity contribution >= 4 is 21.6 Å². The van der Waals surface area contributed by atoms with Crippen LogP contribution in [0.25, 0.3) is 0 Å². The summed E-state index contributed by atoms with van der Waals surface area (Å²) in [5, 5.41) is 12.4. The number of nitrogens with one attached hydrogen (secondary N) is 1. The Kier molecular flexibility index (Phi) is 4.66. The zero-order valence-electron chi connectivity index (χ0n) is 10.7. The van der Waals surface area contributed by atoms with E-state index in [1.807, 2.05) is 18.2 Å². The molecule has 96 valence electrons. The van der Waals surface area contributed by atoms with E-state index >= 15 is 0 Å². The predicted molar refractivity (Wildman–Crippen MR) is 78.5 cm³/mol. The molecule has 0 spiro atoms. The molecule has 1 aliphatic rings. The van der Waals surface area contributed by atoms with Gasteiger partial charge in [-0.3, -0.25) is 0 Å². The monoisotopic (exact) mass is 306 g/mol. The summed E-state index contributed by atoms with van der Waals surface area (Å²) >= 11 is 3.44. The maximum absolute atomic E-state index is 8.95. The van der Waals surface area contributed by atoms with Gasteiger partial charge in [-0.15, -0.1) is 0 Å². The van der Waals surface area contributed by atoms with Crippen LogP contribution in [0, 0.1) is 23.2 Å². The van der Waals surface area contributed by atoms with Gasteiger partial charge in [0.2, 0.25) is 0 Å². The van der Waals surface area contributed by atoms with Crippen molar-refractivity contribution in [1.29, 1.82) is 5.26 Å². The summed E-state index contributed by atoms with van der Waals surface area (Å²) in [5.41, 5.74) is 1.74. The highest BCUT2D eigenvalue weighted by molar-refractivity contribution is 9.10. The summed E-state index contributed by atoms with van der Waals surface area (Å²) < 4.78 is 0.959. The number of nitriles is 1. The zero-order chi connectivity index (χ0) is 13.0. The van der Waals surface area contributed by atoms with Crippen LogP contribution in [0.5, 0.6) is 0 Å². The number of rotatable bonds is 3. The number of benzene rings is 1. The third-order valence-corrected chi connectivity index (χ3v) is 4.34. The standard InChI is InChI=1S/C15H19BrN2/c1-11-4-2-3-5-13(11)10-18-15-7-12(9-17)6-14(16)8-15/h6-8,11,13,18H,2-5,10H2,1H3. The van der Waals surface area contributed by atoms with Gasteiger partial charge in [0.25, 0.3) is 0 Å². The highest BCUT2D eigenvalue weighted by Crippen LogP contribution is 2.30. The molecule has 0 heterocycles. The maximum atomic E-state index is 8.95. The molecule has 0 amide bonds. The summed E-state index contributed by atoms with van der Waals surface area (Å²) in [6.45, 7) is 3.37. The third-order valence-electron chi connectivity index (χ3n) is 3.88. The minimum absolute atomic E-state index is 0.698. The molecular weight excluding hydrogens is 288 g/mol. The molecule has 1 fully saturated rings. The molecule has 1 aliphatic carbocycles. The van der Waals surface area contributed by atoms with Crippen LogP contribution in [-0.2, 0) is 0 Å². The summed E-state index contributed by atoms with van der Waals surface area (Å²) in [6.07, 6.45) is 5.42. The first-order chi connectivity index (χ1) is 8.69. The topological polar surface area (TPSA) is 35.8 Å². The van der Waals surface area contributed by atoms with E-state index in [4.69, 9.17) is 5.26 Å². The number of hydrogen-bond donors (Lipinski definition) is 1. The van der Waals surface area contributed by atoms with Crippen molar-refractivity contribution in [2.75, 3.05) is 11.9 Å². The van der Waals surface area contributed by atoms with Crippen LogP contribution in [0.3, 0.4) is 0 Å². The molecule has 0 bridgehead atoms. The minimum Gasteiger partial charge on any atom is -0.385 e. The highest BCUT2D eigenvalue weighted by Gasteiger charge is 2.20. The van der Waals surface area contributed by atoms with E-state index < -0.39 is 0 Å². The van der Waals surface area contributed by atoms with Gasteiger partial charge in [-0.25, -0.2) is 0 Å². The Morgan fingerprint density at radius 3 is 2.83 bits per heavy atom. The first-order valence-corrected chi connectivity index (χ1v) is 7.43. The quantitative estimate of drug-likeness (QED) is 0.888. The molecule has 18 heavy (non-hydrogen) atoms. The Hall–Kier alpha value is -1.01. The number of anilines is 1. The van der Waals surface area contributed by atoms with Gasteiger partial charge in [0, 0.05) is 16.7 Å². The van der Waals surface area contributed by atoms with Gasteiger partial charge in [0.1, 0.15) is 0 Å². The van der Waals surface area contributed by atoms with Crippen molar-refractivity contribution in [3.05, 3.63) is 28.2 Å². The van der Waals surface area contributed by atoms with Crippen LogP contribution < -0.4 is 5.32 Å². The van der Waals surface area contributed by atoms with Crippen molar-refractivity contribution in [2.24, 2.45) is 11.8 Å². The highest BCUT2D eigenvalue weighted by atomic mass is 79.9. The van der Waals surface area contributed by atoms with E-state index in [-0.39, 0.29) is 0 Å². The first kappa shape index (κ1) is 13.4. The molecular formula is C15H19BrN2. The van der Waals surface area contributed by atoms with E-state index in [1.165, 1.54) is 25.7 Å². The number of hydrogen-bond acceptors (Lipinski definition) is 2. The lowest BCUT2D eigenvalue weighted by atomic mass is 9.80. The van der Waals surface area contributed by atoms with Crippen molar-refractivity contribution < 1.29 is 0 Å².